The Morgan fingerprint density at radius 3 is 2.89 bits per heavy atom. The molecule has 0 bridgehead atoms. The third-order valence-electron chi connectivity index (χ3n) is 3.52. The maximum absolute atomic E-state index is 5.76. The van der Waals surface area contributed by atoms with Gasteiger partial charge in [0.05, 0.1) is 5.60 Å². The Morgan fingerprint density at radius 1 is 1.50 bits per heavy atom. The zero-order valence-electron chi connectivity index (χ0n) is 12.0. The normalized spacial score (nSPS) is 25.0. The second-order valence-electron chi connectivity index (χ2n) is 6.08. The molecule has 18 heavy (non-hydrogen) atoms. The number of nitrogens with one attached hydrogen (secondary N) is 1. The fourth-order valence-electron chi connectivity index (χ4n) is 2.73. The maximum atomic E-state index is 5.76. The molecule has 0 amide bonds. The second-order valence-corrected chi connectivity index (χ2v) is 7.45. The van der Waals surface area contributed by atoms with E-state index in [1.54, 1.807) is 0 Å². The molecule has 0 saturated carbocycles. The Labute approximate surface area is 115 Å². The Morgan fingerprint density at radius 2 is 2.28 bits per heavy atom. The van der Waals surface area contributed by atoms with Crippen LogP contribution < -0.4 is 5.32 Å². The third kappa shape index (κ3) is 4.08. The lowest BCUT2D eigenvalue weighted by atomic mass is 9.93. The molecule has 0 spiro atoms. The molecule has 0 radical (unpaired) electrons. The zero-order valence-corrected chi connectivity index (χ0v) is 12.8. The van der Waals surface area contributed by atoms with Crippen LogP contribution in [0.1, 0.15) is 43.4 Å². The van der Waals surface area contributed by atoms with Crippen LogP contribution in [0.4, 0.5) is 0 Å². The summed E-state index contributed by atoms with van der Waals surface area (Å²) in [6.07, 6.45) is 3.38. The van der Waals surface area contributed by atoms with Gasteiger partial charge in [-0.25, -0.2) is 0 Å². The van der Waals surface area contributed by atoms with Gasteiger partial charge in [0.2, 0.25) is 0 Å². The number of hydrogen-bond donors (Lipinski definition) is 1. The summed E-state index contributed by atoms with van der Waals surface area (Å²) in [5, 5.41) is 3.76. The van der Waals surface area contributed by atoms with Crippen LogP contribution in [0.5, 0.6) is 0 Å². The summed E-state index contributed by atoms with van der Waals surface area (Å²) in [7, 11) is 0. The van der Waals surface area contributed by atoms with Crippen LogP contribution in [-0.4, -0.2) is 24.3 Å². The summed E-state index contributed by atoms with van der Waals surface area (Å²) >= 11 is 1.91. The summed E-state index contributed by atoms with van der Waals surface area (Å²) in [6, 6.07) is 5.61. The predicted octanol–water partition coefficient (Wildman–Crippen LogP) is 3.53. The van der Waals surface area contributed by atoms with E-state index in [0.717, 1.165) is 25.9 Å². The molecule has 0 aliphatic carbocycles. The zero-order chi connectivity index (χ0) is 13.2. The molecule has 1 aliphatic heterocycles. The van der Waals surface area contributed by atoms with Crippen LogP contribution in [0.25, 0.3) is 0 Å². The first kappa shape index (κ1) is 14.0. The van der Waals surface area contributed by atoms with Gasteiger partial charge in [0, 0.05) is 28.4 Å². The molecule has 1 aromatic heterocycles. The van der Waals surface area contributed by atoms with E-state index in [1.807, 2.05) is 11.3 Å². The van der Waals surface area contributed by atoms with Gasteiger partial charge in [-0.2, -0.15) is 0 Å². The molecular weight excluding hydrogens is 242 g/mol. The molecule has 0 aromatic carbocycles. The Kier molecular flexibility index (Phi) is 4.46. The van der Waals surface area contributed by atoms with Crippen molar-refractivity contribution in [1.82, 2.24) is 5.32 Å². The summed E-state index contributed by atoms with van der Waals surface area (Å²) in [6.45, 7) is 9.72. The highest BCUT2D eigenvalue weighted by Gasteiger charge is 2.29. The topological polar surface area (TPSA) is 21.3 Å². The van der Waals surface area contributed by atoms with Gasteiger partial charge in [0.15, 0.2) is 0 Å². The molecule has 2 unspecified atom stereocenters. The standard InChI is InChI=1S/C15H25NOS/c1-11(9-14-6-5-12(2)18-14)16-13-7-8-17-15(3,4)10-13/h5-6,11,13,16H,7-10H2,1-4H3. The second kappa shape index (κ2) is 5.72. The van der Waals surface area contributed by atoms with Gasteiger partial charge in [-0.05, 0) is 59.1 Å². The Bertz CT molecular complexity index is 386. The average Bonchev–Trinajstić information content (AvgIpc) is 2.62. The van der Waals surface area contributed by atoms with Crippen molar-refractivity contribution < 1.29 is 4.74 Å². The van der Waals surface area contributed by atoms with Gasteiger partial charge in [-0.1, -0.05) is 0 Å². The molecule has 1 fully saturated rings. The van der Waals surface area contributed by atoms with Crippen molar-refractivity contribution in [2.24, 2.45) is 0 Å². The molecule has 3 heteroatoms. The quantitative estimate of drug-likeness (QED) is 0.901. The summed E-state index contributed by atoms with van der Waals surface area (Å²) in [5.74, 6) is 0. The van der Waals surface area contributed by atoms with Crippen LogP contribution in [0.15, 0.2) is 12.1 Å². The fraction of sp³-hybridized carbons (Fsp3) is 0.733. The largest absolute Gasteiger partial charge is 0.375 e. The molecule has 1 aliphatic rings. The molecule has 2 nitrogen and oxygen atoms in total. The highest BCUT2D eigenvalue weighted by molar-refractivity contribution is 7.11. The van der Waals surface area contributed by atoms with E-state index in [4.69, 9.17) is 4.74 Å². The van der Waals surface area contributed by atoms with E-state index in [0.29, 0.717) is 12.1 Å². The lowest BCUT2D eigenvalue weighted by Crippen LogP contribution is -2.47. The summed E-state index contributed by atoms with van der Waals surface area (Å²) in [5.41, 5.74) is 0.0369. The Balaban J connectivity index is 1.82. The highest BCUT2D eigenvalue weighted by Crippen LogP contribution is 2.24. The summed E-state index contributed by atoms with van der Waals surface area (Å²) < 4.78 is 5.76. The first-order valence-electron chi connectivity index (χ1n) is 6.90. The van der Waals surface area contributed by atoms with Crippen molar-refractivity contribution in [1.29, 1.82) is 0 Å². The monoisotopic (exact) mass is 267 g/mol. The third-order valence-corrected chi connectivity index (χ3v) is 4.54. The maximum Gasteiger partial charge on any atom is 0.0641 e. The van der Waals surface area contributed by atoms with Crippen molar-refractivity contribution in [3.63, 3.8) is 0 Å². The van der Waals surface area contributed by atoms with E-state index in [1.165, 1.54) is 9.75 Å². The molecule has 1 N–H and O–H groups in total. The molecular formula is C15H25NOS. The van der Waals surface area contributed by atoms with Gasteiger partial charge in [-0.3, -0.25) is 0 Å². The minimum Gasteiger partial charge on any atom is -0.375 e. The van der Waals surface area contributed by atoms with E-state index in [2.05, 4.69) is 45.1 Å². The molecule has 2 atom stereocenters. The number of aryl methyl sites for hydroxylation is 1. The minimum absolute atomic E-state index is 0.0369. The average molecular weight is 267 g/mol. The van der Waals surface area contributed by atoms with Gasteiger partial charge in [0.25, 0.3) is 0 Å². The number of rotatable bonds is 4. The number of ether oxygens (including phenoxy) is 1. The van der Waals surface area contributed by atoms with E-state index in [-0.39, 0.29) is 5.60 Å². The van der Waals surface area contributed by atoms with Crippen LogP contribution in [0.2, 0.25) is 0 Å². The minimum atomic E-state index is 0.0369. The molecule has 2 rings (SSSR count). The van der Waals surface area contributed by atoms with Crippen LogP contribution >= 0.6 is 11.3 Å². The first-order chi connectivity index (χ1) is 8.44. The fourth-order valence-corrected chi connectivity index (χ4v) is 3.75. The van der Waals surface area contributed by atoms with Crippen molar-refractivity contribution in [3.8, 4) is 0 Å². The van der Waals surface area contributed by atoms with Gasteiger partial charge in [0.1, 0.15) is 0 Å². The highest BCUT2D eigenvalue weighted by atomic mass is 32.1. The van der Waals surface area contributed by atoms with Crippen molar-refractivity contribution in [2.75, 3.05) is 6.61 Å². The number of hydrogen-bond acceptors (Lipinski definition) is 3. The lowest BCUT2D eigenvalue weighted by molar-refractivity contribution is -0.0639. The van der Waals surface area contributed by atoms with Crippen LogP contribution in [0, 0.1) is 6.92 Å². The van der Waals surface area contributed by atoms with Gasteiger partial charge in [-0.15, -0.1) is 11.3 Å². The smallest absolute Gasteiger partial charge is 0.0641 e. The van der Waals surface area contributed by atoms with Crippen molar-refractivity contribution >= 4 is 11.3 Å². The molecule has 1 saturated heterocycles. The number of thiophene rings is 1. The summed E-state index contributed by atoms with van der Waals surface area (Å²) in [4.78, 5) is 2.89. The van der Waals surface area contributed by atoms with Gasteiger partial charge < -0.3 is 10.1 Å². The predicted molar refractivity (Wildman–Crippen MR) is 78.4 cm³/mol. The van der Waals surface area contributed by atoms with E-state index < -0.39 is 0 Å². The SMILES string of the molecule is Cc1ccc(CC(C)NC2CCOC(C)(C)C2)s1. The molecule has 1 aromatic rings. The van der Waals surface area contributed by atoms with Crippen molar-refractivity contribution in [3.05, 3.63) is 21.9 Å². The van der Waals surface area contributed by atoms with Crippen LogP contribution in [-0.2, 0) is 11.2 Å². The van der Waals surface area contributed by atoms with Gasteiger partial charge >= 0.3 is 0 Å². The first-order valence-corrected chi connectivity index (χ1v) is 7.71. The Hall–Kier alpha value is -0.380. The molecule has 2 heterocycles. The van der Waals surface area contributed by atoms with E-state index in [9.17, 15) is 0 Å². The van der Waals surface area contributed by atoms with Crippen molar-refractivity contribution in [2.45, 2.75) is 64.6 Å². The van der Waals surface area contributed by atoms with E-state index >= 15 is 0 Å². The van der Waals surface area contributed by atoms with Crippen LogP contribution in [0.3, 0.4) is 0 Å². The lowest BCUT2D eigenvalue weighted by Gasteiger charge is -2.37. The molecule has 102 valence electrons.